The SMILES string of the molecule is CCC(C)c1ccc(C(Br)Cc2c(F)cccc2Cl)cc1. The molecule has 0 bridgehead atoms. The minimum atomic E-state index is -0.247. The van der Waals surface area contributed by atoms with E-state index >= 15 is 0 Å². The van der Waals surface area contributed by atoms with E-state index in [0.29, 0.717) is 22.9 Å². The van der Waals surface area contributed by atoms with E-state index in [1.54, 1.807) is 12.1 Å². The summed E-state index contributed by atoms with van der Waals surface area (Å²) >= 11 is 9.73. The van der Waals surface area contributed by atoms with Crippen LogP contribution in [0.25, 0.3) is 0 Å². The highest BCUT2D eigenvalue weighted by atomic mass is 79.9. The molecule has 0 saturated carbocycles. The van der Waals surface area contributed by atoms with Gasteiger partial charge in [0.05, 0.1) is 0 Å². The van der Waals surface area contributed by atoms with Gasteiger partial charge in [0.1, 0.15) is 5.82 Å². The normalized spacial score (nSPS) is 14.0. The maximum Gasteiger partial charge on any atom is 0.127 e. The molecule has 0 amide bonds. The highest BCUT2D eigenvalue weighted by molar-refractivity contribution is 9.09. The zero-order valence-corrected chi connectivity index (χ0v) is 14.6. The zero-order chi connectivity index (χ0) is 15.4. The summed E-state index contributed by atoms with van der Waals surface area (Å²) in [6.07, 6.45) is 1.66. The zero-order valence-electron chi connectivity index (χ0n) is 12.2. The molecule has 0 heterocycles. The molecule has 0 nitrogen and oxygen atoms in total. The Labute approximate surface area is 139 Å². The van der Waals surface area contributed by atoms with Gasteiger partial charge >= 0.3 is 0 Å². The fraction of sp³-hybridized carbons (Fsp3) is 0.333. The lowest BCUT2D eigenvalue weighted by Gasteiger charge is -2.14. The molecule has 112 valence electrons. The molecule has 2 rings (SSSR count). The number of rotatable bonds is 5. The van der Waals surface area contributed by atoms with Crippen molar-refractivity contribution in [1.82, 2.24) is 0 Å². The number of hydrogen-bond acceptors (Lipinski definition) is 0. The maximum atomic E-state index is 13.8. The van der Waals surface area contributed by atoms with Crippen LogP contribution in [0.3, 0.4) is 0 Å². The van der Waals surface area contributed by atoms with Crippen molar-refractivity contribution in [3.05, 3.63) is 70.0 Å². The molecule has 2 atom stereocenters. The Morgan fingerprint density at radius 1 is 1.10 bits per heavy atom. The smallest absolute Gasteiger partial charge is 0.127 e. The third-order valence-corrected chi connectivity index (χ3v) is 5.13. The van der Waals surface area contributed by atoms with Crippen LogP contribution in [0.2, 0.25) is 5.02 Å². The molecule has 21 heavy (non-hydrogen) atoms. The largest absolute Gasteiger partial charge is 0.207 e. The second kappa shape index (κ2) is 7.42. The first-order valence-electron chi connectivity index (χ1n) is 7.19. The van der Waals surface area contributed by atoms with Crippen molar-refractivity contribution < 1.29 is 4.39 Å². The van der Waals surface area contributed by atoms with Crippen LogP contribution in [-0.4, -0.2) is 0 Å². The molecule has 0 spiro atoms. The minimum absolute atomic E-state index is 0.0536. The summed E-state index contributed by atoms with van der Waals surface area (Å²) in [5, 5.41) is 0.482. The Kier molecular flexibility index (Phi) is 5.83. The van der Waals surface area contributed by atoms with Crippen LogP contribution in [0.15, 0.2) is 42.5 Å². The van der Waals surface area contributed by atoms with E-state index < -0.39 is 0 Å². The van der Waals surface area contributed by atoms with Crippen LogP contribution in [0.1, 0.15) is 47.7 Å². The first kappa shape index (κ1) is 16.5. The first-order chi connectivity index (χ1) is 10.0. The molecule has 0 saturated heterocycles. The number of halogens is 3. The molecule has 2 aromatic carbocycles. The van der Waals surface area contributed by atoms with Crippen LogP contribution >= 0.6 is 27.5 Å². The molecule has 0 fully saturated rings. The Bertz CT molecular complexity index is 574. The standard InChI is InChI=1S/C18H19BrClF/c1-3-12(2)13-7-9-14(10-8-13)16(19)11-15-17(20)5-4-6-18(15)21/h4-10,12,16H,3,11H2,1-2H3. The van der Waals surface area contributed by atoms with E-state index in [4.69, 9.17) is 11.6 Å². The van der Waals surface area contributed by atoms with E-state index in [0.717, 1.165) is 12.0 Å². The van der Waals surface area contributed by atoms with E-state index in [-0.39, 0.29) is 10.6 Å². The van der Waals surface area contributed by atoms with Gasteiger partial charge in [-0.25, -0.2) is 4.39 Å². The maximum absolute atomic E-state index is 13.8. The molecular formula is C18H19BrClF. The molecule has 0 N–H and O–H groups in total. The molecule has 0 aliphatic rings. The van der Waals surface area contributed by atoms with Gasteiger partial charge in [-0.05, 0) is 42.0 Å². The highest BCUT2D eigenvalue weighted by Gasteiger charge is 2.14. The summed E-state index contributed by atoms with van der Waals surface area (Å²) in [7, 11) is 0. The van der Waals surface area contributed by atoms with Gasteiger partial charge in [0.15, 0.2) is 0 Å². The molecule has 0 aliphatic carbocycles. The van der Waals surface area contributed by atoms with Crippen molar-refractivity contribution in [1.29, 1.82) is 0 Å². The van der Waals surface area contributed by atoms with Gasteiger partial charge in [0, 0.05) is 15.4 Å². The van der Waals surface area contributed by atoms with Crippen molar-refractivity contribution in [3.63, 3.8) is 0 Å². The summed E-state index contributed by atoms with van der Waals surface area (Å²) < 4.78 is 13.8. The van der Waals surface area contributed by atoms with Crippen molar-refractivity contribution >= 4 is 27.5 Å². The van der Waals surface area contributed by atoms with Gasteiger partial charge < -0.3 is 0 Å². The number of hydrogen-bond donors (Lipinski definition) is 0. The minimum Gasteiger partial charge on any atom is -0.207 e. The highest BCUT2D eigenvalue weighted by Crippen LogP contribution is 2.32. The Hall–Kier alpha value is -0.860. The first-order valence-corrected chi connectivity index (χ1v) is 8.49. The number of alkyl halides is 1. The summed E-state index contributed by atoms with van der Waals surface area (Å²) in [6, 6.07) is 13.3. The lowest BCUT2D eigenvalue weighted by molar-refractivity contribution is 0.608. The van der Waals surface area contributed by atoms with Crippen LogP contribution in [0, 0.1) is 5.82 Å². The average molecular weight is 370 g/mol. The lowest BCUT2D eigenvalue weighted by Crippen LogP contribution is -2.00. The van der Waals surface area contributed by atoms with Crippen LogP contribution in [-0.2, 0) is 6.42 Å². The number of benzene rings is 2. The lowest BCUT2D eigenvalue weighted by atomic mass is 9.96. The monoisotopic (exact) mass is 368 g/mol. The summed E-state index contributed by atoms with van der Waals surface area (Å²) in [5.74, 6) is 0.317. The van der Waals surface area contributed by atoms with Crippen molar-refractivity contribution in [2.45, 2.75) is 37.4 Å². The van der Waals surface area contributed by atoms with Gasteiger partial charge in [-0.2, -0.15) is 0 Å². The van der Waals surface area contributed by atoms with Crippen LogP contribution in [0.5, 0.6) is 0 Å². The fourth-order valence-corrected chi connectivity index (χ4v) is 3.16. The van der Waals surface area contributed by atoms with Gasteiger partial charge in [-0.15, -0.1) is 0 Å². The Morgan fingerprint density at radius 3 is 2.29 bits per heavy atom. The molecule has 0 aromatic heterocycles. The second-order valence-electron chi connectivity index (χ2n) is 5.35. The molecule has 2 aromatic rings. The predicted molar refractivity (Wildman–Crippen MR) is 91.9 cm³/mol. The Morgan fingerprint density at radius 2 is 1.71 bits per heavy atom. The van der Waals surface area contributed by atoms with Crippen molar-refractivity contribution in [3.8, 4) is 0 Å². The van der Waals surface area contributed by atoms with Crippen LogP contribution < -0.4 is 0 Å². The third kappa shape index (κ3) is 4.08. The Balaban J connectivity index is 2.15. The third-order valence-electron chi connectivity index (χ3n) is 3.92. The second-order valence-corrected chi connectivity index (χ2v) is 6.86. The van der Waals surface area contributed by atoms with E-state index in [2.05, 4.69) is 54.0 Å². The van der Waals surface area contributed by atoms with Gasteiger partial charge in [-0.1, -0.05) is 71.7 Å². The topological polar surface area (TPSA) is 0 Å². The fourth-order valence-electron chi connectivity index (χ4n) is 2.29. The van der Waals surface area contributed by atoms with Crippen molar-refractivity contribution in [2.24, 2.45) is 0 Å². The van der Waals surface area contributed by atoms with Crippen LogP contribution in [0.4, 0.5) is 4.39 Å². The molecular weight excluding hydrogens is 351 g/mol. The predicted octanol–water partition coefficient (Wildman–Crippen LogP) is 6.67. The molecule has 3 heteroatoms. The summed E-state index contributed by atoms with van der Waals surface area (Å²) in [5.41, 5.74) is 3.04. The quantitative estimate of drug-likeness (QED) is 0.516. The van der Waals surface area contributed by atoms with Crippen molar-refractivity contribution in [2.75, 3.05) is 0 Å². The van der Waals surface area contributed by atoms with E-state index in [9.17, 15) is 4.39 Å². The molecule has 0 radical (unpaired) electrons. The summed E-state index contributed by atoms with van der Waals surface area (Å²) in [6.45, 7) is 4.41. The van der Waals surface area contributed by atoms with E-state index in [1.807, 2.05) is 0 Å². The van der Waals surface area contributed by atoms with Gasteiger partial charge in [0.2, 0.25) is 0 Å². The molecule has 2 unspecified atom stereocenters. The van der Waals surface area contributed by atoms with Gasteiger partial charge in [0.25, 0.3) is 0 Å². The van der Waals surface area contributed by atoms with E-state index in [1.165, 1.54) is 11.6 Å². The summed E-state index contributed by atoms with van der Waals surface area (Å²) in [4.78, 5) is 0.0536. The average Bonchev–Trinajstić information content (AvgIpc) is 2.50. The van der Waals surface area contributed by atoms with Gasteiger partial charge in [-0.3, -0.25) is 0 Å². The molecule has 0 aliphatic heterocycles.